The van der Waals surface area contributed by atoms with Crippen LogP contribution in [0.2, 0.25) is 0 Å². The number of hydrogen-bond donors (Lipinski definition) is 1. The van der Waals surface area contributed by atoms with Crippen molar-refractivity contribution < 1.29 is 9.90 Å². The molecule has 2 heterocycles. The lowest BCUT2D eigenvalue weighted by atomic mass is 10.2. The third-order valence-electron chi connectivity index (χ3n) is 2.75. The molecule has 7 heteroatoms. The average molecular weight is 280 g/mol. The van der Waals surface area contributed by atoms with Crippen molar-refractivity contribution in [3.8, 4) is 0 Å². The van der Waals surface area contributed by atoms with Gasteiger partial charge in [0.05, 0.1) is 22.9 Å². The Morgan fingerprint density at radius 1 is 1.53 bits per heavy atom. The fourth-order valence-corrected chi connectivity index (χ4v) is 2.62. The monoisotopic (exact) mass is 280 g/mol. The molecule has 0 fully saturated rings. The van der Waals surface area contributed by atoms with Crippen molar-refractivity contribution in [1.82, 2.24) is 20.0 Å². The Labute approximate surface area is 115 Å². The first kappa shape index (κ1) is 13.7. The van der Waals surface area contributed by atoms with Gasteiger partial charge in [-0.1, -0.05) is 26.0 Å². The van der Waals surface area contributed by atoms with Gasteiger partial charge in [0, 0.05) is 11.3 Å². The van der Waals surface area contributed by atoms with E-state index in [-0.39, 0.29) is 5.69 Å². The van der Waals surface area contributed by atoms with E-state index in [4.69, 9.17) is 5.11 Å². The standard InChI is InChI=1S/C12H16N4O2S/c1-4-9-10(12(17)18)14-15-16(9)5-8-6-19-11(13-8)7(2)3/h6-7H,4-5H2,1-3H3,(H,17,18). The second-order valence-electron chi connectivity index (χ2n) is 4.53. The molecule has 1 N–H and O–H groups in total. The van der Waals surface area contributed by atoms with E-state index in [1.54, 1.807) is 16.0 Å². The van der Waals surface area contributed by atoms with Crippen molar-refractivity contribution in [1.29, 1.82) is 0 Å². The smallest absolute Gasteiger partial charge is 0.358 e. The molecule has 0 unspecified atom stereocenters. The van der Waals surface area contributed by atoms with Crippen molar-refractivity contribution in [2.45, 2.75) is 39.7 Å². The Hall–Kier alpha value is -1.76. The van der Waals surface area contributed by atoms with Gasteiger partial charge in [0.2, 0.25) is 0 Å². The summed E-state index contributed by atoms with van der Waals surface area (Å²) in [6.07, 6.45) is 0.579. The summed E-state index contributed by atoms with van der Waals surface area (Å²) in [5, 5.41) is 19.7. The Morgan fingerprint density at radius 3 is 2.79 bits per heavy atom. The summed E-state index contributed by atoms with van der Waals surface area (Å²) < 4.78 is 1.61. The molecule has 0 saturated carbocycles. The zero-order chi connectivity index (χ0) is 14.0. The quantitative estimate of drug-likeness (QED) is 0.907. The van der Waals surface area contributed by atoms with Gasteiger partial charge in [-0.3, -0.25) is 0 Å². The predicted molar refractivity (Wildman–Crippen MR) is 71.7 cm³/mol. The van der Waals surface area contributed by atoms with Gasteiger partial charge in [0.1, 0.15) is 0 Å². The summed E-state index contributed by atoms with van der Waals surface area (Å²) in [5.41, 5.74) is 1.55. The van der Waals surface area contributed by atoms with E-state index in [9.17, 15) is 4.79 Å². The molecule has 2 rings (SSSR count). The summed E-state index contributed by atoms with van der Waals surface area (Å²) in [6.45, 7) is 6.55. The van der Waals surface area contributed by atoms with Crippen molar-refractivity contribution >= 4 is 17.3 Å². The molecule has 2 aromatic heterocycles. The molecule has 19 heavy (non-hydrogen) atoms. The summed E-state index contributed by atoms with van der Waals surface area (Å²) in [5.74, 6) is -0.640. The molecule has 0 aliphatic rings. The van der Waals surface area contributed by atoms with Crippen LogP contribution in [0.4, 0.5) is 0 Å². The van der Waals surface area contributed by atoms with E-state index in [0.29, 0.717) is 24.6 Å². The second-order valence-corrected chi connectivity index (χ2v) is 5.42. The van der Waals surface area contributed by atoms with Gasteiger partial charge >= 0.3 is 5.97 Å². The van der Waals surface area contributed by atoms with Gasteiger partial charge in [-0.2, -0.15) is 0 Å². The van der Waals surface area contributed by atoms with Crippen LogP contribution >= 0.6 is 11.3 Å². The first-order valence-electron chi connectivity index (χ1n) is 6.12. The minimum atomic E-state index is -1.04. The third-order valence-corrected chi connectivity index (χ3v) is 3.94. The molecule has 0 atom stereocenters. The maximum Gasteiger partial charge on any atom is 0.358 e. The van der Waals surface area contributed by atoms with Crippen LogP contribution in [0.3, 0.4) is 0 Å². The maximum atomic E-state index is 11.0. The highest BCUT2D eigenvalue weighted by Gasteiger charge is 2.18. The summed E-state index contributed by atoms with van der Waals surface area (Å²) >= 11 is 1.61. The van der Waals surface area contributed by atoms with Crippen LogP contribution in [0.25, 0.3) is 0 Å². The molecule has 0 aromatic carbocycles. The summed E-state index contributed by atoms with van der Waals surface area (Å²) in [6, 6.07) is 0. The highest BCUT2D eigenvalue weighted by atomic mass is 32.1. The highest BCUT2D eigenvalue weighted by Crippen LogP contribution is 2.20. The van der Waals surface area contributed by atoms with Gasteiger partial charge in [-0.15, -0.1) is 16.4 Å². The Bertz CT molecular complexity index is 588. The minimum absolute atomic E-state index is 0.0295. The fourth-order valence-electron chi connectivity index (χ4n) is 1.79. The summed E-state index contributed by atoms with van der Waals surface area (Å²) in [4.78, 5) is 15.5. The zero-order valence-corrected chi connectivity index (χ0v) is 11.9. The molecule has 6 nitrogen and oxygen atoms in total. The van der Waals surface area contributed by atoms with Crippen LogP contribution in [0.15, 0.2) is 5.38 Å². The van der Waals surface area contributed by atoms with E-state index in [2.05, 4.69) is 29.1 Å². The number of nitrogens with zero attached hydrogens (tertiary/aromatic N) is 4. The first-order valence-corrected chi connectivity index (χ1v) is 7.00. The molecule has 0 amide bonds. The van der Waals surface area contributed by atoms with Crippen LogP contribution in [0, 0.1) is 0 Å². The molecule has 0 aliphatic heterocycles. The lowest BCUT2D eigenvalue weighted by Crippen LogP contribution is -2.09. The number of aromatic carboxylic acids is 1. The van der Waals surface area contributed by atoms with Crippen molar-refractivity contribution in [2.75, 3.05) is 0 Å². The fraction of sp³-hybridized carbons (Fsp3) is 0.500. The second kappa shape index (κ2) is 5.48. The number of carboxylic acids is 1. The van der Waals surface area contributed by atoms with E-state index in [1.165, 1.54) is 0 Å². The average Bonchev–Trinajstić information content (AvgIpc) is 2.95. The predicted octanol–water partition coefficient (Wildman–Crippen LogP) is 2.17. The number of carboxylic acid groups (broad SMARTS) is 1. The van der Waals surface area contributed by atoms with Gasteiger partial charge in [0.15, 0.2) is 5.69 Å². The number of rotatable bonds is 5. The van der Waals surface area contributed by atoms with E-state index < -0.39 is 5.97 Å². The Morgan fingerprint density at radius 2 is 2.26 bits per heavy atom. The van der Waals surface area contributed by atoms with Crippen LogP contribution in [-0.2, 0) is 13.0 Å². The van der Waals surface area contributed by atoms with E-state index in [0.717, 1.165) is 10.7 Å². The van der Waals surface area contributed by atoms with Gasteiger partial charge < -0.3 is 5.11 Å². The molecular weight excluding hydrogens is 264 g/mol. The minimum Gasteiger partial charge on any atom is -0.476 e. The molecule has 0 spiro atoms. The number of aromatic nitrogens is 4. The SMILES string of the molecule is CCc1c(C(=O)O)nnn1Cc1csc(C(C)C)n1. The van der Waals surface area contributed by atoms with Gasteiger partial charge in [-0.05, 0) is 6.42 Å². The normalized spacial score (nSPS) is 11.2. The van der Waals surface area contributed by atoms with E-state index in [1.807, 2.05) is 12.3 Å². The van der Waals surface area contributed by atoms with E-state index >= 15 is 0 Å². The number of carbonyl (C=O) groups is 1. The van der Waals surface area contributed by atoms with Crippen molar-refractivity contribution in [3.05, 3.63) is 27.5 Å². The third kappa shape index (κ3) is 2.81. The van der Waals surface area contributed by atoms with Crippen molar-refractivity contribution in [3.63, 3.8) is 0 Å². The number of thiazole rings is 1. The van der Waals surface area contributed by atoms with Crippen molar-refractivity contribution in [2.24, 2.45) is 0 Å². The Balaban J connectivity index is 2.25. The van der Waals surface area contributed by atoms with Gasteiger partial charge in [-0.25, -0.2) is 14.5 Å². The first-order chi connectivity index (χ1) is 9.02. The summed E-state index contributed by atoms with van der Waals surface area (Å²) in [7, 11) is 0. The molecule has 0 bridgehead atoms. The van der Waals surface area contributed by atoms with Crippen LogP contribution in [0.5, 0.6) is 0 Å². The topological polar surface area (TPSA) is 80.9 Å². The molecule has 0 radical (unpaired) electrons. The molecule has 102 valence electrons. The highest BCUT2D eigenvalue weighted by molar-refractivity contribution is 7.09. The molecule has 0 saturated heterocycles. The lowest BCUT2D eigenvalue weighted by molar-refractivity contribution is 0.0689. The molecule has 0 aliphatic carbocycles. The number of hydrogen-bond acceptors (Lipinski definition) is 5. The Kier molecular flexibility index (Phi) is 3.94. The molecular formula is C12H16N4O2S. The maximum absolute atomic E-state index is 11.0. The van der Waals surface area contributed by atoms with Crippen LogP contribution in [0.1, 0.15) is 53.6 Å². The molecule has 2 aromatic rings. The van der Waals surface area contributed by atoms with Crippen LogP contribution < -0.4 is 0 Å². The zero-order valence-electron chi connectivity index (χ0n) is 11.1. The van der Waals surface area contributed by atoms with Crippen LogP contribution in [-0.4, -0.2) is 31.1 Å². The largest absolute Gasteiger partial charge is 0.476 e. The van der Waals surface area contributed by atoms with Gasteiger partial charge in [0.25, 0.3) is 0 Å². The lowest BCUT2D eigenvalue weighted by Gasteiger charge is -2.03.